The molecular weight excluding hydrogens is 326 g/mol. The molecule has 1 aromatic heterocycles. The molecule has 1 aliphatic heterocycles. The van der Waals surface area contributed by atoms with E-state index >= 15 is 0 Å². The van der Waals surface area contributed by atoms with Gasteiger partial charge in [-0.05, 0) is 58.2 Å². The lowest BCUT2D eigenvalue weighted by atomic mass is 9.99. The SMILES string of the molecule is CC1CC(c2cc(Br)c(Br)s2)C(C)N1. The van der Waals surface area contributed by atoms with E-state index in [1.54, 1.807) is 0 Å². The van der Waals surface area contributed by atoms with Gasteiger partial charge in [-0.3, -0.25) is 0 Å². The summed E-state index contributed by atoms with van der Waals surface area (Å²) in [5.41, 5.74) is 0. The molecule has 0 aliphatic carbocycles. The third-order valence-corrected chi connectivity index (χ3v) is 6.18. The Labute approximate surface area is 106 Å². The van der Waals surface area contributed by atoms with Crippen molar-refractivity contribution in [3.63, 3.8) is 0 Å². The van der Waals surface area contributed by atoms with Crippen LogP contribution in [-0.2, 0) is 0 Å². The Balaban J connectivity index is 2.23. The molecule has 1 aromatic rings. The fraction of sp³-hybridized carbons (Fsp3) is 0.600. The lowest BCUT2D eigenvalue weighted by Crippen LogP contribution is -2.25. The Morgan fingerprint density at radius 1 is 1.43 bits per heavy atom. The average Bonchev–Trinajstić information content (AvgIpc) is 2.57. The van der Waals surface area contributed by atoms with E-state index in [1.165, 1.54) is 19.6 Å². The minimum Gasteiger partial charge on any atom is -0.311 e. The summed E-state index contributed by atoms with van der Waals surface area (Å²) in [6.45, 7) is 4.53. The highest BCUT2D eigenvalue weighted by atomic mass is 79.9. The molecule has 2 rings (SSSR count). The summed E-state index contributed by atoms with van der Waals surface area (Å²) in [6, 6.07) is 3.49. The molecule has 14 heavy (non-hydrogen) atoms. The molecule has 0 spiro atoms. The molecule has 1 saturated heterocycles. The van der Waals surface area contributed by atoms with Crippen molar-refractivity contribution in [3.05, 3.63) is 19.2 Å². The standard InChI is InChI=1S/C10H13Br2NS/c1-5-3-7(6(2)13-5)9-4-8(11)10(12)14-9/h4-7,13H,3H2,1-2H3. The Morgan fingerprint density at radius 2 is 2.14 bits per heavy atom. The Kier molecular flexibility index (Phi) is 3.37. The van der Waals surface area contributed by atoms with Gasteiger partial charge in [-0.25, -0.2) is 0 Å². The number of thiophene rings is 1. The van der Waals surface area contributed by atoms with Gasteiger partial charge >= 0.3 is 0 Å². The van der Waals surface area contributed by atoms with Crippen LogP contribution in [0.15, 0.2) is 14.3 Å². The summed E-state index contributed by atoms with van der Waals surface area (Å²) < 4.78 is 2.39. The van der Waals surface area contributed by atoms with Gasteiger partial charge in [-0.15, -0.1) is 11.3 Å². The quantitative estimate of drug-likeness (QED) is 0.811. The number of halogens is 2. The summed E-state index contributed by atoms with van der Waals surface area (Å²) in [4.78, 5) is 1.48. The molecule has 0 saturated carbocycles. The first-order valence-corrected chi connectivity index (χ1v) is 7.19. The fourth-order valence-corrected chi connectivity index (χ4v) is 4.43. The van der Waals surface area contributed by atoms with Crippen LogP contribution in [0.3, 0.4) is 0 Å². The molecule has 78 valence electrons. The first kappa shape index (κ1) is 11.1. The van der Waals surface area contributed by atoms with Crippen molar-refractivity contribution in [2.24, 2.45) is 0 Å². The lowest BCUT2D eigenvalue weighted by molar-refractivity contribution is 0.578. The lowest BCUT2D eigenvalue weighted by Gasteiger charge is -2.12. The van der Waals surface area contributed by atoms with Gasteiger partial charge in [-0.1, -0.05) is 0 Å². The van der Waals surface area contributed by atoms with Crippen molar-refractivity contribution in [1.82, 2.24) is 5.32 Å². The molecule has 3 unspecified atom stereocenters. The van der Waals surface area contributed by atoms with Crippen molar-refractivity contribution in [2.75, 3.05) is 0 Å². The molecule has 1 N–H and O–H groups in total. The summed E-state index contributed by atoms with van der Waals surface area (Å²) in [5, 5.41) is 3.57. The summed E-state index contributed by atoms with van der Waals surface area (Å²) in [7, 11) is 0. The molecule has 4 heteroatoms. The van der Waals surface area contributed by atoms with Gasteiger partial charge in [0.25, 0.3) is 0 Å². The predicted molar refractivity (Wildman–Crippen MR) is 69.1 cm³/mol. The van der Waals surface area contributed by atoms with Crippen LogP contribution in [0.4, 0.5) is 0 Å². The third kappa shape index (κ3) is 2.08. The van der Waals surface area contributed by atoms with Crippen LogP contribution in [0, 0.1) is 0 Å². The molecular formula is C10H13Br2NS. The number of hydrogen-bond acceptors (Lipinski definition) is 2. The number of hydrogen-bond donors (Lipinski definition) is 1. The molecule has 1 fully saturated rings. The van der Waals surface area contributed by atoms with Crippen LogP contribution in [0.2, 0.25) is 0 Å². The van der Waals surface area contributed by atoms with Crippen LogP contribution in [0.25, 0.3) is 0 Å². The van der Waals surface area contributed by atoms with Crippen molar-refractivity contribution in [1.29, 1.82) is 0 Å². The maximum atomic E-state index is 3.57. The highest BCUT2D eigenvalue weighted by molar-refractivity contribution is 9.13. The second-order valence-electron chi connectivity index (χ2n) is 3.97. The van der Waals surface area contributed by atoms with Crippen molar-refractivity contribution in [2.45, 2.75) is 38.3 Å². The third-order valence-electron chi connectivity index (χ3n) is 2.79. The number of nitrogens with one attached hydrogen (secondary N) is 1. The molecule has 1 nitrogen and oxygen atoms in total. The Bertz CT molecular complexity index is 317. The van der Waals surface area contributed by atoms with Crippen LogP contribution >= 0.6 is 43.2 Å². The summed E-state index contributed by atoms with van der Waals surface area (Å²) >= 11 is 8.94. The molecule has 0 radical (unpaired) electrons. The zero-order valence-corrected chi connectivity index (χ0v) is 12.2. The van der Waals surface area contributed by atoms with Gasteiger partial charge in [0.05, 0.1) is 3.79 Å². The largest absolute Gasteiger partial charge is 0.311 e. The maximum Gasteiger partial charge on any atom is 0.0843 e. The molecule has 2 heterocycles. The second-order valence-corrected chi connectivity index (χ2v) is 7.23. The second kappa shape index (κ2) is 4.24. The van der Waals surface area contributed by atoms with Crippen LogP contribution in [0.5, 0.6) is 0 Å². The highest BCUT2D eigenvalue weighted by Crippen LogP contribution is 2.40. The molecule has 0 amide bonds. The normalized spacial score (nSPS) is 32.4. The van der Waals surface area contributed by atoms with E-state index in [4.69, 9.17) is 0 Å². The van der Waals surface area contributed by atoms with Gasteiger partial charge in [0.1, 0.15) is 0 Å². The van der Waals surface area contributed by atoms with E-state index in [9.17, 15) is 0 Å². The van der Waals surface area contributed by atoms with Gasteiger partial charge in [0.15, 0.2) is 0 Å². The average molecular weight is 339 g/mol. The highest BCUT2D eigenvalue weighted by Gasteiger charge is 2.30. The van der Waals surface area contributed by atoms with Crippen LogP contribution in [-0.4, -0.2) is 12.1 Å². The number of rotatable bonds is 1. The minimum atomic E-state index is 0.599. The van der Waals surface area contributed by atoms with Crippen molar-refractivity contribution >= 4 is 43.2 Å². The van der Waals surface area contributed by atoms with Gasteiger partial charge < -0.3 is 5.32 Å². The summed E-state index contributed by atoms with van der Waals surface area (Å²) in [5.74, 6) is 0.678. The van der Waals surface area contributed by atoms with E-state index in [1.807, 2.05) is 11.3 Å². The fourth-order valence-electron chi connectivity index (χ4n) is 2.13. The Morgan fingerprint density at radius 3 is 2.57 bits per heavy atom. The zero-order valence-electron chi connectivity index (χ0n) is 8.18. The zero-order chi connectivity index (χ0) is 10.3. The van der Waals surface area contributed by atoms with Gasteiger partial charge in [0.2, 0.25) is 0 Å². The first-order valence-electron chi connectivity index (χ1n) is 4.78. The first-order chi connectivity index (χ1) is 6.58. The smallest absolute Gasteiger partial charge is 0.0843 e. The van der Waals surface area contributed by atoms with E-state index in [2.05, 4.69) is 57.1 Å². The maximum absolute atomic E-state index is 3.57. The van der Waals surface area contributed by atoms with Crippen LogP contribution < -0.4 is 5.32 Å². The Hall–Kier alpha value is 0.620. The molecule has 0 bridgehead atoms. The van der Waals surface area contributed by atoms with E-state index < -0.39 is 0 Å². The van der Waals surface area contributed by atoms with Crippen molar-refractivity contribution < 1.29 is 0 Å². The van der Waals surface area contributed by atoms with E-state index in [0.29, 0.717) is 18.0 Å². The van der Waals surface area contributed by atoms with E-state index in [-0.39, 0.29) is 0 Å². The molecule has 1 aliphatic rings. The molecule has 3 atom stereocenters. The monoisotopic (exact) mass is 337 g/mol. The topological polar surface area (TPSA) is 12.0 Å². The van der Waals surface area contributed by atoms with Crippen LogP contribution in [0.1, 0.15) is 31.1 Å². The minimum absolute atomic E-state index is 0.599. The molecule has 0 aromatic carbocycles. The van der Waals surface area contributed by atoms with E-state index in [0.717, 1.165) is 0 Å². The predicted octanol–water partition coefficient (Wildman–Crippen LogP) is 4.13. The van der Waals surface area contributed by atoms with Crippen molar-refractivity contribution in [3.8, 4) is 0 Å². The summed E-state index contributed by atoms with van der Waals surface area (Å²) in [6.07, 6.45) is 1.25. The van der Waals surface area contributed by atoms with Gasteiger partial charge in [0, 0.05) is 27.4 Å². The van der Waals surface area contributed by atoms with Gasteiger partial charge in [-0.2, -0.15) is 0 Å².